The quantitative estimate of drug-likeness (QED) is 0.530. The van der Waals surface area contributed by atoms with Gasteiger partial charge in [-0.2, -0.15) is 5.26 Å². The summed E-state index contributed by atoms with van der Waals surface area (Å²) in [4.78, 5) is 9.25. The molecule has 1 aromatic carbocycles. The normalized spacial score (nSPS) is 19.5. The van der Waals surface area contributed by atoms with Gasteiger partial charge >= 0.3 is 0 Å². The second-order valence-electron chi connectivity index (χ2n) is 7.35. The third-order valence-electron chi connectivity index (χ3n) is 5.46. The van der Waals surface area contributed by atoms with E-state index in [0.717, 1.165) is 46.5 Å². The van der Waals surface area contributed by atoms with Crippen LogP contribution in [0.15, 0.2) is 35.0 Å². The first-order valence-corrected chi connectivity index (χ1v) is 9.40. The Labute approximate surface area is 160 Å². The van der Waals surface area contributed by atoms with Crippen molar-refractivity contribution in [1.29, 1.82) is 5.26 Å². The number of hydrogen-bond donors (Lipinski definition) is 0. The number of nitrogens with zero attached hydrogens (tertiary/aromatic N) is 5. The Balaban J connectivity index is 1.79. The van der Waals surface area contributed by atoms with Crippen molar-refractivity contribution in [2.75, 3.05) is 0 Å². The van der Waals surface area contributed by atoms with Crippen molar-refractivity contribution < 1.29 is 8.91 Å². The van der Waals surface area contributed by atoms with Gasteiger partial charge in [0.15, 0.2) is 0 Å². The van der Waals surface area contributed by atoms with Crippen molar-refractivity contribution in [2.24, 2.45) is 0 Å². The third-order valence-corrected chi connectivity index (χ3v) is 5.46. The number of rotatable bonds is 3. The van der Waals surface area contributed by atoms with Crippen molar-refractivity contribution in [2.45, 2.75) is 44.8 Å². The molecule has 0 aliphatic heterocycles. The van der Waals surface area contributed by atoms with E-state index < -0.39 is 6.17 Å². The zero-order chi connectivity index (χ0) is 19.3. The second kappa shape index (κ2) is 6.41. The number of halogens is 1. The Hall–Kier alpha value is -3.27. The number of pyridine rings is 1. The third kappa shape index (κ3) is 2.64. The van der Waals surface area contributed by atoms with Gasteiger partial charge in [0, 0.05) is 11.5 Å². The average Bonchev–Trinajstić information content (AvgIpc) is 3.39. The van der Waals surface area contributed by atoms with Gasteiger partial charge in [0.05, 0.1) is 47.0 Å². The molecule has 0 N–H and O–H groups in total. The van der Waals surface area contributed by atoms with Gasteiger partial charge in [-0.15, -0.1) is 0 Å². The van der Waals surface area contributed by atoms with E-state index in [1.165, 1.54) is 0 Å². The van der Waals surface area contributed by atoms with Crippen molar-refractivity contribution >= 4 is 21.9 Å². The predicted molar refractivity (Wildman–Crippen MR) is 102 cm³/mol. The van der Waals surface area contributed by atoms with Gasteiger partial charge in [-0.1, -0.05) is 5.16 Å². The van der Waals surface area contributed by atoms with Gasteiger partial charge in [-0.05, 0) is 44.4 Å². The van der Waals surface area contributed by atoms with Crippen LogP contribution in [0.2, 0.25) is 0 Å². The molecule has 1 fully saturated rings. The smallest absolute Gasteiger partial charge is 0.133 e. The van der Waals surface area contributed by atoms with E-state index in [9.17, 15) is 9.65 Å². The Kier molecular flexibility index (Phi) is 3.86. The van der Waals surface area contributed by atoms with Gasteiger partial charge in [-0.25, -0.2) is 9.37 Å². The summed E-state index contributed by atoms with van der Waals surface area (Å²) in [5.74, 6) is 1.47. The largest absolute Gasteiger partial charge is 0.361 e. The highest BCUT2D eigenvalue weighted by Gasteiger charge is 2.32. The molecule has 2 atom stereocenters. The maximum absolute atomic E-state index is 14.8. The Morgan fingerprint density at radius 3 is 2.89 bits per heavy atom. The minimum Gasteiger partial charge on any atom is -0.361 e. The highest BCUT2D eigenvalue weighted by Crippen LogP contribution is 2.38. The number of hydrogen-bond acceptors (Lipinski definition) is 5. The molecule has 0 bridgehead atoms. The van der Waals surface area contributed by atoms with Crippen LogP contribution in [0.4, 0.5) is 4.39 Å². The van der Waals surface area contributed by atoms with Crippen LogP contribution >= 0.6 is 0 Å². The monoisotopic (exact) mass is 375 g/mol. The molecule has 0 spiro atoms. The summed E-state index contributed by atoms with van der Waals surface area (Å²) in [5, 5.41) is 14.2. The van der Waals surface area contributed by atoms with E-state index in [1.54, 1.807) is 12.3 Å². The maximum atomic E-state index is 14.8. The van der Waals surface area contributed by atoms with Crippen LogP contribution in [0.1, 0.15) is 48.1 Å². The molecule has 140 valence electrons. The molecule has 3 heterocycles. The van der Waals surface area contributed by atoms with Crippen LogP contribution in [-0.4, -0.2) is 25.9 Å². The molecule has 6 nitrogen and oxygen atoms in total. The van der Waals surface area contributed by atoms with E-state index in [4.69, 9.17) is 9.51 Å². The molecule has 1 saturated carbocycles. The number of fused-ring (bicyclic) bond motifs is 3. The SMILES string of the molecule is Cc1cc(Cc2nc3cnc4ccc(C#N)cc4c3n2C2CCCC2F)no1. The number of alkyl halides is 1. The van der Waals surface area contributed by atoms with E-state index in [0.29, 0.717) is 23.9 Å². The molecule has 0 amide bonds. The summed E-state index contributed by atoms with van der Waals surface area (Å²) in [6.45, 7) is 1.84. The van der Waals surface area contributed by atoms with Crippen LogP contribution in [0, 0.1) is 18.3 Å². The predicted octanol–water partition coefficient (Wildman–Crippen LogP) is 4.41. The molecule has 4 aromatic rings. The van der Waals surface area contributed by atoms with Gasteiger partial charge in [-0.3, -0.25) is 4.98 Å². The van der Waals surface area contributed by atoms with Crippen LogP contribution in [0.3, 0.4) is 0 Å². The lowest BCUT2D eigenvalue weighted by Crippen LogP contribution is -2.17. The average molecular weight is 375 g/mol. The van der Waals surface area contributed by atoms with Crippen molar-refractivity contribution in [1.82, 2.24) is 19.7 Å². The zero-order valence-corrected chi connectivity index (χ0v) is 15.4. The zero-order valence-electron chi connectivity index (χ0n) is 15.4. The summed E-state index contributed by atoms with van der Waals surface area (Å²) in [7, 11) is 0. The van der Waals surface area contributed by atoms with E-state index in [2.05, 4.69) is 16.2 Å². The molecule has 0 saturated heterocycles. The fourth-order valence-corrected chi connectivity index (χ4v) is 4.23. The van der Waals surface area contributed by atoms with Gasteiger partial charge < -0.3 is 9.09 Å². The molecule has 1 aliphatic carbocycles. The molecule has 3 aromatic heterocycles. The highest BCUT2D eigenvalue weighted by molar-refractivity contribution is 6.03. The Bertz CT molecular complexity index is 1240. The lowest BCUT2D eigenvalue weighted by atomic mass is 10.1. The van der Waals surface area contributed by atoms with Crippen LogP contribution < -0.4 is 0 Å². The number of aromatic nitrogens is 4. The number of nitriles is 1. The molecular formula is C21H18FN5O. The van der Waals surface area contributed by atoms with Crippen LogP contribution in [0.5, 0.6) is 0 Å². The topological polar surface area (TPSA) is 80.5 Å². The molecule has 0 radical (unpaired) electrons. The molecule has 2 unspecified atom stereocenters. The van der Waals surface area contributed by atoms with Crippen molar-refractivity contribution in [3.8, 4) is 6.07 Å². The van der Waals surface area contributed by atoms with Gasteiger partial charge in [0.2, 0.25) is 0 Å². The number of benzene rings is 1. The Morgan fingerprint density at radius 2 is 2.18 bits per heavy atom. The lowest BCUT2D eigenvalue weighted by Gasteiger charge is -2.19. The van der Waals surface area contributed by atoms with Gasteiger partial charge in [0.25, 0.3) is 0 Å². The van der Waals surface area contributed by atoms with E-state index in [-0.39, 0.29) is 6.04 Å². The fourth-order valence-electron chi connectivity index (χ4n) is 4.23. The molecule has 5 rings (SSSR count). The van der Waals surface area contributed by atoms with Crippen molar-refractivity contribution in [3.05, 3.63) is 53.3 Å². The highest BCUT2D eigenvalue weighted by atomic mass is 19.1. The minimum atomic E-state index is -0.919. The van der Waals surface area contributed by atoms with E-state index in [1.807, 2.05) is 29.7 Å². The van der Waals surface area contributed by atoms with Gasteiger partial charge in [0.1, 0.15) is 23.3 Å². The molecule has 28 heavy (non-hydrogen) atoms. The summed E-state index contributed by atoms with van der Waals surface area (Å²) in [6.07, 6.45) is 3.42. The second-order valence-corrected chi connectivity index (χ2v) is 7.35. The molecule has 7 heteroatoms. The lowest BCUT2D eigenvalue weighted by molar-refractivity contribution is 0.264. The standard InChI is InChI=1S/C21H18FN5O/c1-12-7-14(26-28-12)9-20-25-18-11-24-17-6-5-13(10-23)8-15(17)21(18)27(20)19-4-2-3-16(19)22/h5-8,11,16,19H,2-4,9H2,1H3. The Morgan fingerprint density at radius 1 is 1.29 bits per heavy atom. The summed E-state index contributed by atoms with van der Waals surface area (Å²) < 4.78 is 22.0. The maximum Gasteiger partial charge on any atom is 0.133 e. The first-order chi connectivity index (χ1) is 13.6. The number of aryl methyl sites for hydroxylation is 1. The van der Waals surface area contributed by atoms with Crippen molar-refractivity contribution in [3.63, 3.8) is 0 Å². The van der Waals surface area contributed by atoms with E-state index >= 15 is 0 Å². The first-order valence-electron chi connectivity index (χ1n) is 9.40. The summed E-state index contributed by atoms with van der Waals surface area (Å²) in [5.41, 5.74) is 3.62. The minimum absolute atomic E-state index is 0.274. The fraction of sp³-hybridized carbons (Fsp3) is 0.333. The summed E-state index contributed by atoms with van der Waals surface area (Å²) >= 11 is 0. The molecular weight excluding hydrogens is 357 g/mol. The van der Waals surface area contributed by atoms with Crippen LogP contribution in [0.25, 0.3) is 21.9 Å². The number of imidazole rings is 1. The van der Waals surface area contributed by atoms with Crippen LogP contribution in [-0.2, 0) is 6.42 Å². The summed E-state index contributed by atoms with van der Waals surface area (Å²) in [6, 6.07) is 9.16. The first kappa shape index (κ1) is 16.9. The molecule has 1 aliphatic rings.